The molecule has 1 aliphatic heterocycles. The van der Waals surface area contributed by atoms with Gasteiger partial charge in [-0.25, -0.2) is 4.39 Å². The van der Waals surface area contributed by atoms with Crippen molar-refractivity contribution in [3.05, 3.63) is 29.6 Å². The van der Waals surface area contributed by atoms with E-state index in [2.05, 4.69) is 0 Å². The molecule has 0 amide bonds. The minimum absolute atomic E-state index is 0.116. The number of benzene rings is 1. The smallest absolute Gasteiger partial charge is 0.391 e. The van der Waals surface area contributed by atoms with Crippen LogP contribution in [0.2, 0.25) is 0 Å². The molecule has 1 saturated heterocycles. The third-order valence-corrected chi connectivity index (χ3v) is 3.55. The van der Waals surface area contributed by atoms with Crippen LogP contribution in [-0.4, -0.2) is 24.2 Å². The number of nitrogens with zero attached hydrogens (tertiary/aromatic N) is 1. The Morgan fingerprint density at radius 1 is 1.21 bits per heavy atom. The van der Waals surface area contributed by atoms with Gasteiger partial charge in [0.1, 0.15) is 5.82 Å². The lowest BCUT2D eigenvalue weighted by molar-refractivity contribution is -0.185. The van der Waals surface area contributed by atoms with E-state index >= 15 is 0 Å². The summed E-state index contributed by atoms with van der Waals surface area (Å²) in [6.07, 6.45) is -3.86. The zero-order chi connectivity index (χ0) is 14.0. The summed E-state index contributed by atoms with van der Waals surface area (Å²) >= 11 is 0. The molecular formula is C13H16F4N2. The number of likely N-dealkylation sites (tertiary alicyclic amines) is 1. The summed E-state index contributed by atoms with van der Waals surface area (Å²) in [5.74, 6) is -1.61. The van der Waals surface area contributed by atoms with E-state index < -0.39 is 17.9 Å². The van der Waals surface area contributed by atoms with Gasteiger partial charge in [-0.05, 0) is 43.6 Å². The van der Waals surface area contributed by atoms with Crippen LogP contribution in [0, 0.1) is 11.7 Å². The summed E-state index contributed by atoms with van der Waals surface area (Å²) in [5, 5.41) is 0. The van der Waals surface area contributed by atoms with Gasteiger partial charge in [0.25, 0.3) is 0 Å². The van der Waals surface area contributed by atoms with Gasteiger partial charge < -0.3 is 5.73 Å². The largest absolute Gasteiger partial charge is 0.398 e. The molecular weight excluding hydrogens is 260 g/mol. The molecule has 1 fully saturated rings. The minimum Gasteiger partial charge on any atom is -0.398 e. The van der Waals surface area contributed by atoms with Crippen molar-refractivity contribution >= 4 is 5.69 Å². The summed E-state index contributed by atoms with van der Waals surface area (Å²) < 4.78 is 50.5. The number of anilines is 1. The van der Waals surface area contributed by atoms with Crippen LogP contribution in [0.1, 0.15) is 18.4 Å². The third-order valence-electron chi connectivity index (χ3n) is 3.55. The number of nitrogen functional groups attached to an aromatic ring is 1. The Kier molecular flexibility index (Phi) is 3.99. The van der Waals surface area contributed by atoms with Crippen LogP contribution >= 0.6 is 0 Å². The number of alkyl halides is 3. The van der Waals surface area contributed by atoms with Crippen molar-refractivity contribution in [3.63, 3.8) is 0 Å². The Morgan fingerprint density at radius 3 is 2.37 bits per heavy atom. The molecule has 0 radical (unpaired) electrons. The molecule has 0 unspecified atom stereocenters. The lowest BCUT2D eigenvalue weighted by Gasteiger charge is -2.33. The first-order valence-electron chi connectivity index (χ1n) is 6.19. The first-order chi connectivity index (χ1) is 8.86. The molecule has 0 bridgehead atoms. The fraction of sp³-hybridized carbons (Fsp3) is 0.538. The lowest BCUT2D eigenvalue weighted by atomic mass is 9.96. The van der Waals surface area contributed by atoms with Gasteiger partial charge in [-0.2, -0.15) is 13.2 Å². The van der Waals surface area contributed by atoms with E-state index in [1.54, 1.807) is 6.07 Å². The maximum Gasteiger partial charge on any atom is 0.391 e. The monoisotopic (exact) mass is 276 g/mol. The van der Waals surface area contributed by atoms with Crippen LogP contribution in [0.3, 0.4) is 0 Å². The summed E-state index contributed by atoms with van der Waals surface area (Å²) in [5.41, 5.74) is 6.79. The third kappa shape index (κ3) is 3.59. The standard InChI is InChI=1S/C13H16F4N2/c14-11-2-1-9(12(18)7-11)8-19-5-3-10(4-6-19)13(15,16)17/h1-2,7,10H,3-6,8,18H2. The van der Waals surface area contributed by atoms with E-state index in [4.69, 9.17) is 5.73 Å². The van der Waals surface area contributed by atoms with E-state index in [0.717, 1.165) is 5.56 Å². The zero-order valence-electron chi connectivity index (χ0n) is 10.4. The summed E-state index contributed by atoms with van der Waals surface area (Å²) in [4.78, 5) is 1.92. The molecule has 0 aromatic heterocycles. The average molecular weight is 276 g/mol. The topological polar surface area (TPSA) is 29.3 Å². The molecule has 0 spiro atoms. The Labute approximate surface area is 109 Å². The van der Waals surface area contributed by atoms with Gasteiger partial charge in [-0.3, -0.25) is 4.90 Å². The maximum absolute atomic E-state index is 12.9. The highest BCUT2D eigenvalue weighted by Gasteiger charge is 2.40. The molecule has 1 aliphatic rings. The molecule has 6 heteroatoms. The Morgan fingerprint density at radius 2 is 1.84 bits per heavy atom. The van der Waals surface area contributed by atoms with Gasteiger partial charge in [-0.1, -0.05) is 6.07 Å². The van der Waals surface area contributed by atoms with Crippen LogP contribution < -0.4 is 5.73 Å². The van der Waals surface area contributed by atoms with Crippen molar-refractivity contribution in [2.75, 3.05) is 18.8 Å². The molecule has 106 valence electrons. The van der Waals surface area contributed by atoms with Gasteiger partial charge in [0.15, 0.2) is 0 Å². The molecule has 19 heavy (non-hydrogen) atoms. The fourth-order valence-electron chi connectivity index (χ4n) is 2.37. The summed E-state index contributed by atoms with van der Waals surface area (Å²) in [6.45, 7) is 1.25. The van der Waals surface area contributed by atoms with Gasteiger partial charge in [-0.15, -0.1) is 0 Å². The molecule has 1 heterocycles. The molecule has 1 aromatic carbocycles. The average Bonchev–Trinajstić information content (AvgIpc) is 2.32. The summed E-state index contributed by atoms with van der Waals surface area (Å²) in [6, 6.07) is 4.13. The van der Waals surface area contributed by atoms with Crippen molar-refractivity contribution in [1.29, 1.82) is 0 Å². The molecule has 2 nitrogen and oxygen atoms in total. The van der Waals surface area contributed by atoms with Crippen LogP contribution in [0.5, 0.6) is 0 Å². The highest BCUT2D eigenvalue weighted by molar-refractivity contribution is 5.46. The van der Waals surface area contributed by atoms with Crippen LogP contribution in [0.25, 0.3) is 0 Å². The second kappa shape index (κ2) is 5.36. The predicted molar refractivity (Wildman–Crippen MR) is 64.9 cm³/mol. The van der Waals surface area contributed by atoms with Crippen LogP contribution in [-0.2, 0) is 6.54 Å². The molecule has 0 aliphatic carbocycles. The number of piperidine rings is 1. The van der Waals surface area contributed by atoms with Crippen molar-refractivity contribution < 1.29 is 17.6 Å². The number of nitrogens with two attached hydrogens (primary N) is 1. The number of rotatable bonds is 2. The Hall–Kier alpha value is -1.30. The van der Waals surface area contributed by atoms with Gasteiger partial charge in [0, 0.05) is 12.2 Å². The summed E-state index contributed by atoms with van der Waals surface area (Å²) in [7, 11) is 0. The van der Waals surface area contributed by atoms with Crippen LogP contribution in [0.15, 0.2) is 18.2 Å². The first-order valence-corrected chi connectivity index (χ1v) is 6.19. The van der Waals surface area contributed by atoms with E-state index in [1.165, 1.54) is 12.1 Å². The molecule has 2 rings (SSSR count). The van der Waals surface area contributed by atoms with Crippen molar-refractivity contribution in [1.82, 2.24) is 4.90 Å². The number of halogens is 4. The van der Waals surface area contributed by atoms with Crippen molar-refractivity contribution in [2.24, 2.45) is 5.92 Å². The quantitative estimate of drug-likeness (QED) is 0.664. The second-order valence-electron chi connectivity index (χ2n) is 4.94. The highest BCUT2D eigenvalue weighted by atomic mass is 19.4. The highest BCUT2D eigenvalue weighted by Crippen LogP contribution is 2.34. The first kappa shape index (κ1) is 14.1. The van der Waals surface area contributed by atoms with Crippen molar-refractivity contribution in [2.45, 2.75) is 25.6 Å². The second-order valence-corrected chi connectivity index (χ2v) is 4.94. The fourth-order valence-corrected chi connectivity index (χ4v) is 2.37. The Balaban J connectivity index is 1.92. The SMILES string of the molecule is Nc1cc(F)ccc1CN1CCC(C(F)(F)F)CC1. The van der Waals surface area contributed by atoms with Gasteiger partial charge >= 0.3 is 6.18 Å². The van der Waals surface area contributed by atoms with E-state index in [-0.39, 0.29) is 12.8 Å². The molecule has 2 N–H and O–H groups in total. The maximum atomic E-state index is 12.9. The minimum atomic E-state index is -4.10. The molecule has 1 aromatic rings. The van der Waals surface area contributed by atoms with E-state index in [0.29, 0.717) is 25.3 Å². The van der Waals surface area contributed by atoms with Crippen LogP contribution in [0.4, 0.5) is 23.2 Å². The van der Waals surface area contributed by atoms with Gasteiger partial charge in [0.2, 0.25) is 0 Å². The van der Waals surface area contributed by atoms with Crippen molar-refractivity contribution in [3.8, 4) is 0 Å². The number of hydrogen-bond acceptors (Lipinski definition) is 2. The van der Waals surface area contributed by atoms with E-state index in [9.17, 15) is 17.6 Å². The Bertz CT molecular complexity index is 437. The number of hydrogen-bond donors (Lipinski definition) is 1. The lowest BCUT2D eigenvalue weighted by Crippen LogP contribution is -2.38. The zero-order valence-corrected chi connectivity index (χ0v) is 10.4. The van der Waals surface area contributed by atoms with Gasteiger partial charge in [0.05, 0.1) is 5.92 Å². The molecule has 0 atom stereocenters. The molecule has 0 saturated carbocycles. The predicted octanol–water partition coefficient (Wildman–Crippen LogP) is 3.18. The van der Waals surface area contributed by atoms with E-state index in [1.807, 2.05) is 4.90 Å². The normalized spacial score (nSPS) is 18.7.